The molecule has 3 aromatic rings. The third kappa shape index (κ3) is 4.56. The van der Waals surface area contributed by atoms with E-state index in [2.05, 4.69) is 41.5 Å². The maximum absolute atomic E-state index is 8.98. The molecule has 3 N–H and O–H groups in total. The molecule has 26 heavy (non-hydrogen) atoms. The van der Waals surface area contributed by atoms with Gasteiger partial charge in [-0.2, -0.15) is 4.98 Å². The van der Waals surface area contributed by atoms with Crippen molar-refractivity contribution in [3.8, 4) is 11.4 Å². The smallest absolute Gasteiger partial charge is 0.225 e. The van der Waals surface area contributed by atoms with E-state index >= 15 is 0 Å². The Labute approximate surface area is 160 Å². The van der Waals surface area contributed by atoms with Gasteiger partial charge < -0.3 is 15.7 Å². The number of hydrogen-bond acceptors (Lipinski definition) is 6. The van der Waals surface area contributed by atoms with Gasteiger partial charge in [0.25, 0.3) is 0 Å². The van der Waals surface area contributed by atoms with E-state index in [4.69, 9.17) is 5.11 Å². The summed E-state index contributed by atoms with van der Waals surface area (Å²) in [7, 11) is 0. The number of hydrogen-bond donors (Lipinski definition) is 3. The van der Waals surface area contributed by atoms with Crippen molar-refractivity contribution < 1.29 is 5.11 Å². The largest absolute Gasteiger partial charge is 0.396 e. The van der Waals surface area contributed by atoms with E-state index in [1.54, 1.807) is 6.20 Å². The van der Waals surface area contributed by atoms with Gasteiger partial charge >= 0.3 is 0 Å². The van der Waals surface area contributed by atoms with Crippen molar-refractivity contribution in [3.05, 3.63) is 58.7 Å². The van der Waals surface area contributed by atoms with Crippen LogP contribution in [0.25, 0.3) is 11.4 Å². The van der Waals surface area contributed by atoms with Gasteiger partial charge in [-0.3, -0.25) is 4.98 Å². The van der Waals surface area contributed by atoms with E-state index in [1.807, 2.05) is 49.4 Å². The molecule has 0 aliphatic heterocycles. The van der Waals surface area contributed by atoms with E-state index in [0.717, 1.165) is 27.1 Å². The second-order valence-corrected chi connectivity index (χ2v) is 6.57. The third-order valence-corrected chi connectivity index (χ3v) is 4.66. The topological polar surface area (TPSA) is 83.0 Å². The van der Waals surface area contributed by atoms with Gasteiger partial charge in [0.05, 0.1) is 11.4 Å². The van der Waals surface area contributed by atoms with E-state index < -0.39 is 0 Å². The Balaban J connectivity index is 1.95. The summed E-state index contributed by atoms with van der Waals surface area (Å²) in [6.45, 7) is 2.75. The molecule has 0 aliphatic carbocycles. The summed E-state index contributed by atoms with van der Waals surface area (Å²) in [5, 5.41) is 15.5. The minimum atomic E-state index is 0.120. The number of nitrogens with one attached hydrogen (secondary N) is 2. The first-order valence-corrected chi connectivity index (χ1v) is 9.14. The summed E-state index contributed by atoms with van der Waals surface area (Å²) < 4.78 is 1.03. The van der Waals surface area contributed by atoms with Gasteiger partial charge in [-0.25, -0.2) is 4.98 Å². The van der Waals surface area contributed by atoms with Crippen molar-refractivity contribution in [2.45, 2.75) is 13.3 Å². The van der Waals surface area contributed by atoms with Crippen LogP contribution < -0.4 is 10.6 Å². The number of pyridine rings is 1. The maximum Gasteiger partial charge on any atom is 0.225 e. The molecule has 2 heterocycles. The Kier molecular flexibility index (Phi) is 6.14. The fourth-order valence-electron chi connectivity index (χ4n) is 2.40. The summed E-state index contributed by atoms with van der Waals surface area (Å²) in [5.74, 6) is 1.17. The normalized spacial score (nSPS) is 10.6. The van der Waals surface area contributed by atoms with Gasteiger partial charge in [-0.05, 0) is 43.2 Å². The number of nitrogens with zero attached hydrogens (tertiary/aromatic N) is 3. The zero-order valence-electron chi connectivity index (χ0n) is 14.4. The highest BCUT2D eigenvalue weighted by atomic mass is 79.9. The van der Waals surface area contributed by atoms with Crippen molar-refractivity contribution >= 4 is 33.4 Å². The molecule has 1 aromatic carbocycles. The first kappa shape index (κ1) is 18.3. The SMILES string of the molecule is Cc1c(Br)cccc1Nc1cc(-c2ccccn2)nc(NCCCO)n1. The number of anilines is 3. The van der Waals surface area contributed by atoms with Gasteiger partial charge in [0.15, 0.2) is 0 Å². The van der Waals surface area contributed by atoms with Gasteiger partial charge in [-0.1, -0.05) is 28.1 Å². The van der Waals surface area contributed by atoms with Gasteiger partial charge in [-0.15, -0.1) is 0 Å². The average molecular weight is 414 g/mol. The summed E-state index contributed by atoms with van der Waals surface area (Å²) in [4.78, 5) is 13.5. The molecular weight excluding hydrogens is 394 g/mol. The minimum Gasteiger partial charge on any atom is -0.396 e. The van der Waals surface area contributed by atoms with E-state index in [9.17, 15) is 0 Å². The molecule has 0 saturated carbocycles. The third-order valence-electron chi connectivity index (χ3n) is 3.80. The molecule has 0 radical (unpaired) electrons. The molecule has 0 unspecified atom stereocenters. The highest BCUT2D eigenvalue weighted by Crippen LogP contribution is 2.27. The predicted octanol–water partition coefficient (Wildman–Crippen LogP) is 4.15. The van der Waals surface area contributed by atoms with Crippen LogP contribution in [0.5, 0.6) is 0 Å². The average Bonchev–Trinajstić information content (AvgIpc) is 2.66. The molecule has 0 atom stereocenters. The lowest BCUT2D eigenvalue weighted by Crippen LogP contribution is -2.09. The van der Waals surface area contributed by atoms with Crippen LogP contribution in [0, 0.1) is 6.92 Å². The van der Waals surface area contributed by atoms with Crippen LogP contribution in [-0.4, -0.2) is 33.2 Å². The predicted molar refractivity (Wildman–Crippen MR) is 108 cm³/mol. The fourth-order valence-corrected chi connectivity index (χ4v) is 2.76. The first-order chi connectivity index (χ1) is 12.7. The Morgan fingerprint density at radius 2 is 1.96 bits per heavy atom. The monoisotopic (exact) mass is 413 g/mol. The van der Waals surface area contributed by atoms with Crippen LogP contribution >= 0.6 is 15.9 Å². The van der Waals surface area contributed by atoms with Crippen LogP contribution in [0.15, 0.2) is 53.1 Å². The second-order valence-electron chi connectivity index (χ2n) is 5.72. The quantitative estimate of drug-likeness (QED) is 0.504. The lowest BCUT2D eigenvalue weighted by atomic mass is 10.2. The highest BCUT2D eigenvalue weighted by molar-refractivity contribution is 9.10. The lowest BCUT2D eigenvalue weighted by molar-refractivity contribution is 0.292. The van der Waals surface area contributed by atoms with Crippen molar-refractivity contribution in [1.29, 1.82) is 0 Å². The molecule has 7 heteroatoms. The van der Waals surface area contributed by atoms with Crippen molar-refractivity contribution in [1.82, 2.24) is 15.0 Å². The zero-order valence-corrected chi connectivity index (χ0v) is 16.0. The molecule has 0 aliphatic rings. The van der Waals surface area contributed by atoms with Crippen LogP contribution in [0.2, 0.25) is 0 Å². The van der Waals surface area contributed by atoms with Crippen LogP contribution in [-0.2, 0) is 0 Å². The molecule has 2 aromatic heterocycles. The van der Waals surface area contributed by atoms with Gasteiger partial charge in [0, 0.05) is 35.6 Å². The minimum absolute atomic E-state index is 0.120. The van der Waals surface area contributed by atoms with E-state index in [0.29, 0.717) is 24.7 Å². The van der Waals surface area contributed by atoms with E-state index in [-0.39, 0.29) is 6.61 Å². The van der Waals surface area contributed by atoms with Crippen LogP contribution in [0.4, 0.5) is 17.5 Å². The van der Waals surface area contributed by atoms with Crippen LogP contribution in [0.3, 0.4) is 0 Å². The number of rotatable bonds is 7. The number of benzene rings is 1. The number of halogens is 1. The molecular formula is C19H20BrN5O. The number of aliphatic hydroxyl groups excluding tert-OH is 1. The van der Waals surface area contributed by atoms with E-state index in [1.165, 1.54) is 0 Å². The molecule has 0 spiro atoms. The van der Waals surface area contributed by atoms with Crippen molar-refractivity contribution in [3.63, 3.8) is 0 Å². The Bertz CT molecular complexity index is 873. The molecule has 6 nitrogen and oxygen atoms in total. The first-order valence-electron chi connectivity index (χ1n) is 8.35. The Hall–Kier alpha value is -2.51. The summed E-state index contributed by atoms with van der Waals surface area (Å²) in [5.41, 5.74) is 3.56. The molecule has 0 fully saturated rings. The van der Waals surface area contributed by atoms with Crippen molar-refractivity contribution in [2.24, 2.45) is 0 Å². The van der Waals surface area contributed by atoms with Crippen LogP contribution in [0.1, 0.15) is 12.0 Å². The lowest BCUT2D eigenvalue weighted by Gasteiger charge is -2.13. The number of aliphatic hydroxyl groups is 1. The zero-order chi connectivity index (χ0) is 18.4. The van der Waals surface area contributed by atoms with Gasteiger partial charge in [0.1, 0.15) is 5.82 Å². The number of aromatic nitrogens is 3. The molecule has 0 saturated heterocycles. The molecule has 0 amide bonds. The Morgan fingerprint density at radius 3 is 2.73 bits per heavy atom. The maximum atomic E-state index is 8.98. The molecule has 3 rings (SSSR count). The molecule has 134 valence electrons. The fraction of sp³-hybridized carbons (Fsp3) is 0.211. The second kappa shape index (κ2) is 8.73. The highest BCUT2D eigenvalue weighted by Gasteiger charge is 2.09. The summed E-state index contributed by atoms with van der Waals surface area (Å²) in [6.07, 6.45) is 2.37. The molecule has 0 bridgehead atoms. The van der Waals surface area contributed by atoms with Gasteiger partial charge in [0.2, 0.25) is 5.95 Å². The van der Waals surface area contributed by atoms with Crippen molar-refractivity contribution in [2.75, 3.05) is 23.8 Å². The summed E-state index contributed by atoms with van der Waals surface area (Å²) in [6, 6.07) is 13.6. The summed E-state index contributed by atoms with van der Waals surface area (Å²) >= 11 is 3.55. The Morgan fingerprint density at radius 1 is 1.08 bits per heavy atom. The standard InChI is InChI=1S/C19H20BrN5O/c1-13-14(20)6-4-8-15(13)23-18-12-17(16-7-2-3-9-21-16)24-19(25-18)22-10-5-11-26/h2-4,6-9,12,26H,5,10-11H2,1H3,(H2,22,23,24,25).